The van der Waals surface area contributed by atoms with Crippen LogP contribution in [-0.4, -0.2) is 41.8 Å². The zero-order chi connectivity index (χ0) is 21.0. The van der Waals surface area contributed by atoms with Crippen LogP contribution in [-0.2, 0) is 4.79 Å². The summed E-state index contributed by atoms with van der Waals surface area (Å²) in [6, 6.07) is 11.2. The van der Waals surface area contributed by atoms with Crippen molar-refractivity contribution >= 4 is 23.2 Å². The fraction of sp³-hybridized carbons (Fsp3) is 0.333. The highest BCUT2D eigenvalue weighted by atomic mass is 16.6. The Hall–Kier alpha value is -3.42. The molecule has 0 unspecified atom stereocenters. The Balaban J connectivity index is 1.58. The molecule has 2 aromatic carbocycles. The Kier molecular flexibility index (Phi) is 6.11. The molecule has 0 aliphatic carbocycles. The van der Waals surface area contributed by atoms with Crippen molar-refractivity contribution in [3.05, 3.63) is 63.7 Å². The van der Waals surface area contributed by atoms with Gasteiger partial charge >= 0.3 is 0 Å². The molecule has 0 bridgehead atoms. The summed E-state index contributed by atoms with van der Waals surface area (Å²) in [6.45, 7) is 2.86. The second-order valence-electron chi connectivity index (χ2n) is 7.06. The zero-order valence-electron chi connectivity index (χ0n) is 16.4. The minimum absolute atomic E-state index is 0.0523. The third-order valence-corrected chi connectivity index (χ3v) is 5.09. The number of anilines is 1. The van der Waals surface area contributed by atoms with Gasteiger partial charge in [0.1, 0.15) is 5.75 Å². The molecule has 0 aromatic heterocycles. The number of ether oxygens (including phenoxy) is 1. The van der Waals surface area contributed by atoms with Gasteiger partial charge in [-0.05, 0) is 49.6 Å². The highest BCUT2D eigenvalue weighted by molar-refractivity contribution is 5.96. The third-order valence-electron chi connectivity index (χ3n) is 5.09. The molecule has 8 nitrogen and oxygen atoms in total. The molecule has 0 atom stereocenters. The molecule has 1 saturated heterocycles. The Labute approximate surface area is 168 Å². The Bertz CT molecular complexity index is 918. The molecule has 2 amide bonds. The van der Waals surface area contributed by atoms with Gasteiger partial charge in [-0.15, -0.1) is 0 Å². The second-order valence-corrected chi connectivity index (χ2v) is 7.06. The van der Waals surface area contributed by atoms with Crippen molar-refractivity contribution in [1.82, 2.24) is 4.90 Å². The molecule has 1 fully saturated rings. The lowest BCUT2D eigenvalue weighted by molar-refractivity contribution is -0.384. The number of nitrogens with zero attached hydrogens (tertiary/aromatic N) is 2. The van der Waals surface area contributed by atoms with Gasteiger partial charge in [0, 0.05) is 36.7 Å². The zero-order valence-corrected chi connectivity index (χ0v) is 16.4. The Morgan fingerprint density at radius 3 is 2.38 bits per heavy atom. The number of nitro benzene ring substituents is 1. The van der Waals surface area contributed by atoms with Crippen molar-refractivity contribution in [1.29, 1.82) is 0 Å². The van der Waals surface area contributed by atoms with Gasteiger partial charge < -0.3 is 15.0 Å². The summed E-state index contributed by atoms with van der Waals surface area (Å²) in [5.41, 5.74) is 2.01. The van der Waals surface area contributed by atoms with Crippen LogP contribution in [0.5, 0.6) is 5.75 Å². The van der Waals surface area contributed by atoms with E-state index in [4.69, 9.17) is 4.74 Å². The number of carbonyl (C=O) groups excluding carboxylic acids is 2. The van der Waals surface area contributed by atoms with E-state index in [1.54, 1.807) is 12.0 Å². The molecule has 1 aliphatic rings. The van der Waals surface area contributed by atoms with Gasteiger partial charge in [-0.3, -0.25) is 19.7 Å². The monoisotopic (exact) mass is 397 g/mol. The number of benzene rings is 2. The van der Waals surface area contributed by atoms with Crippen LogP contribution >= 0.6 is 0 Å². The molecule has 29 heavy (non-hydrogen) atoms. The number of piperidine rings is 1. The molecule has 3 rings (SSSR count). The van der Waals surface area contributed by atoms with E-state index in [-0.39, 0.29) is 23.4 Å². The number of rotatable bonds is 5. The average molecular weight is 397 g/mol. The molecule has 0 radical (unpaired) electrons. The number of amides is 2. The molecule has 152 valence electrons. The summed E-state index contributed by atoms with van der Waals surface area (Å²) in [5.74, 6) is 0.145. The topological polar surface area (TPSA) is 102 Å². The van der Waals surface area contributed by atoms with Gasteiger partial charge in [0.25, 0.3) is 11.6 Å². The van der Waals surface area contributed by atoms with E-state index < -0.39 is 4.92 Å². The van der Waals surface area contributed by atoms with Gasteiger partial charge in [0.15, 0.2) is 0 Å². The van der Waals surface area contributed by atoms with E-state index in [0.717, 1.165) is 5.56 Å². The molecule has 2 aromatic rings. The SMILES string of the molecule is COc1ccc(C)cc1NC(=O)C1CCN(C(=O)c2ccc([N+](=O)[O-])cc2)CC1. The van der Waals surface area contributed by atoms with Crippen LogP contribution < -0.4 is 10.1 Å². The lowest BCUT2D eigenvalue weighted by atomic mass is 9.95. The molecule has 0 spiro atoms. The maximum Gasteiger partial charge on any atom is 0.269 e. The van der Waals surface area contributed by atoms with Crippen LogP contribution in [0.1, 0.15) is 28.8 Å². The Morgan fingerprint density at radius 1 is 1.14 bits per heavy atom. The number of aryl methyl sites for hydroxylation is 1. The van der Waals surface area contributed by atoms with Crippen molar-refractivity contribution in [2.45, 2.75) is 19.8 Å². The van der Waals surface area contributed by atoms with Crippen molar-refractivity contribution in [2.24, 2.45) is 5.92 Å². The molecular weight excluding hydrogens is 374 g/mol. The lowest BCUT2D eigenvalue weighted by Crippen LogP contribution is -2.41. The summed E-state index contributed by atoms with van der Waals surface area (Å²) in [4.78, 5) is 37.2. The van der Waals surface area contributed by atoms with Crippen LogP contribution in [0, 0.1) is 23.0 Å². The maximum absolute atomic E-state index is 12.7. The van der Waals surface area contributed by atoms with Gasteiger partial charge in [-0.25, -0.2) is 0 Å². The molecule has 8 heteroatoms. The highest BCUT2D eigenvalue weighted by Gasteiger charge is 2.28. The van der Waals surface area contributed by atoms with Crippen molar-refractivity contribution < 1.29 is 19.2 Å². The second kappa shape index (κ2) is 8.72. The van der Waals surface area contributed by atoms with Crippen molar-refractivity contribution in [3.8, 4) is 5.75 Å². The van der Waals surface area contributed by atoms with Crippen LogP contribution in [0.3, 0.4) is 0 Å². The normalized spacial score (nSPS) is 14.3. The number of carbonyl (C=O) groups is 2. The molecule has 0 saturated carbocycles. The largest absolute Gasteiger partial charge is 0.495 e. The van der Waals surface area contributed by atoms with Crippen LogP contribution in [0.25, 0.3) is 0 Å². The number of nitrogens with one attached hydrogen (secondary N) is 1. The molecule has 1 heterocycles. The van der Waals surface area contributed by atoms with E-state index in [2.05, 4.69) is 5.32 Å². The first-order valence-electron chi connectivity index (χ1n) is 9.38. The van der Waals surface area contributed by atoms with Crippen LogP contribution in [0.15, 0.2) is 42.5 Å². The molecule has 1 N–H and O–H groups in total. The molecule has 1 aliphatic heterocycles. The van der Waals surface area contributed by atoms with Crippen molar-refractivity contribution in [2.75, 3.05) is 25.5 Å². The fourth-order valence-corrected chi connectivity index (χ4v) is 3.41. The predicted octanol–water partition coefficient (Wildman–Crippen LogP) is 3.40. The van der Waals surface area contributed by atoms with Gasteiger partial charge in [-0.1, -0.05) is 6.07 Å². The summed E-state index contributed by atoms with van der Waals surface area (Å²) in [7, 11) is 1.56. The van der Waals surface area contributed by atoms with Gasteiger partial charge in [0.2, 0.25) is 5.91 Å². The third kappa shape index (κ3) is 4.71. The predicted molar refractivity (Wildman–Crippen MR) is 108 cm³/mol. The number of methoxy groups -OCH3 is 1. The van der Waals surface area contributed by atoms with Crippen LogP contribution in [0.4, 0.5) is 11.4 Å². The summed E-state index contributed by atoms with van der Waals surface area (Å²) < 4.78 is 5.30. The summed E-state index contributed by atoms with van der Waals surface area (Å²) in [5, 5.41) is 13.7. The number of nitro groups is 1. The van der Waals surface area contributed by atoms with Crippen molar-refractivity contribution in [3.63, 3.8) is 0 Å². The first-order chi connectivity index (χ1) is 13.9. The first-order valence-corrected chi connectivity index (χ1v) is 9.38. The van der Waals surface area contributed by atoms with E-state index in [9.17, 15) is 19.7 Å². The number of hydrogen-bond acceptors (Lipinski definition) is 5. The fourth-order valence-electron chi connectivity index (χ4n) is 3.41. The summed E-state index contributed by atoms with van der Waals surface area (Å²) in [6.07, 6.45) is 1.11. The molecular formula is C21H23N3O5. The minimum atomic E-state index is -0.498. The van der Waals surface area contributed by atoms with E-state index in [0.29, 0.717) is 42.9 Å². The maximum atomic E-state index is 12.7. The highest BCUT2D eigenvalue weighted by Crippen LogP contribution is 2.27. The smallest absolute Gasteiger partial charge is 0.269 e. The quantitative estimate of drug-likeness (QED) is 0.615. The Morgan fingerprint density at radius 2 is 1.79 bits per heavy atom. The minimum Gasteiger partial charge on any atom is -0.495 e. The number of likely N-dealkylation sites (tertiary alicyclic amines) is 1. The van der Waals surface area contributed by atoms with E-state index in [1.807, 2.05) is 25.1 Å². The number of hydrogen-bond donors (Lipinski definition) is 1. The number of non-ortho nitro benzene ring substituents is 1. The average Bonchev–Trinajstić information content (AvgIpc) is 2.73. The van der Waals surface area contributed by atoms with Crippen LogP contribution in [0.2, 0.25) is 0 Å². The van der Waals surface area contributed by atoms with E-state index >= 15 is 0 Å². The first kappa shape index (κ1) is 20.3. The van der Waals surface area contributed by atoms with E-state index in [1.165, 1.54) is 24.3 Å². The standard InChI is InChI=1S/C21H23N3O5/c1-14-3-8-19(29-2)18(13-14)22-20(25)15-9-11-23(12-10-15)21(26)16-4-6-17(7-5-16)24(27)28/h3-8,13,15H,9-12H2,1-2H3,(H,22,25). The van der Waals surface area contributed by atoms with Gasteiger partial charge in [-0.2, -0.15) is 0 Å². The summed E-state index contributed by atoms with van der Waals surface area (Å²) >= 11 is 0. The van der Waals surface area contributed by atoms with Gasteiger partial charge in [0.05, 0.1) is 17.7 Å². The lowest BCUT2D eigenvalue weighted by Gasteiger charge is -2.31.